The van der Waals surface area contributed by atoms with Crippen molar-refractivity contribution in [2.24, 2.45) is 0 Å². The van der Waals surface area contributed by atoms with E-state index < -0.39 is 0 Å². The Labute approximate surface area is 63.8 Å². The predicted molar refractivity (Wildman–Crippen MR) is 45.0 cm³/mol. The minimum Gasteiger partial charge on any atom is -0.389 e. The Morgan fingerprint density at radius 1 is 1.40 bits per heavy atom. The highest BCUT2D eigenvalue weighted by Crippen LogP contribution is 1.98. The van der Waals surface area contributed by atoms with Crippen LogP contribution in [-0.4, -0.2) is 11.2 Å². The quantitative estimate of drug-likeness (QED) is 0.462. The lowest BCUT2D eigenvalue weighted by Gasteiger charge is -1.97. The van der Waals surface area contributed by atoms with Crippen LogP contribution in [0.5, 0.6) is 0 Å². The number of aliphatic hydroxyl groups excluding tert-OH is 1. The average Bonchev–Trinajstić information content (AvgIpc) is 1.98. The molecule has 0 bridgehead atoms. The third-order valence-corrected chi connectivity index (χ3v) is 1.50. The molecule has 60 valence electrons. The van der Waals surface area contributed by atoms with Crippen molar-refractivity contribution in [2.45, 2.75) is 45.6 Å². The number of hydrogen-bond acceptors (Lipinski definition) is 1. The number of hydrogen-bond donors (Lipinski definition) is 1. The van der Waals surface area contributed by atoms with Crippen LogP contribution in [0.4, 0.5) is 0 Å². The zero-order valence-corrected chi connectivity index (χ0v) is 7.01. The summed E-state index contributed by atoms with van der Waals surface area (Å²) in [4.78, 5) is 0. The SMILES string of the molecule is CCCC/C=C/[C@@H](O)CC. The Balaban J connectivity index is 3.18. The van der Waals surface area contributed by atoms with Gasteiger partial charge in [0.2, 0.25) is 0 Å². The van der Waals surface area contributed by atoms with Crippen LogP contribution in [0.15, 0.2) is 12.2 Å². The van der Waals surface area contributed by atoms with Crippen molar-refractivity contribution in [3.05, 3.63) is 12.2 Å². The molecule has 1 heteroatoms. The van der Waals surface area contributed by atoms with Gasteiger partial charge in [0.1, 0.15) is 0 Å². The van der Waals surface area contributed by atoms with Gasteiger partial charge in [-0.2, -0.15) is 0 Å². The second-order valence-corrected chi connectivity index (χ2v) is 2.55. The average molecular weight is 142 g/mol. The molecule has 0 spiro atoms. The molecule has 0 unspecified atom stereocenters. The highest BCUT2D eigenvalue weighted by atomic mass is 16.3. The first kappa shape index (κ1) is 9.70. The summed E-state index contributed by atoms with van der Waals surface area (Å²) in [5.41, 5.74) is 0. The number of rotatable bonds is 5. The number of allylic oxidation sites excluding steroid dienone is 1. The second-order valence-electron chi connectivity index (χ2n) is 2.55. The third kappa shape index (κ3) is 5.83. The largest absolute Gasteiger partial charge is 0.389 e. The summed E-state index contributed by atoms with van der Waals surface area (Å²) in [6.07, 6.45) is 8.11. The van der Waals surface area contributed by atoms with E-state index in [2.05, 4.69) is 13.0 Å². The molecule has 0 heterocycles. The summed E-state index contributed by atoms with van der Waals surface area (Å²) in [6, 6.07) is 0. The minimum atomic E-state index is -0.225. The first-order chi connectivity index (χ1) is 4.81. The van der Waals surface area contributed by atoms with Crippen molar-refractivity contribution in [3.63, 3.8) is 0 Å². The van der Waals surface area contributed by atoms with E-state index in [1.54, 1.807) is 0 Å². The van der Waals surface area contributed by atoms with Crippen molar-refractivity contribution < 1.29 is 5.11 Å². The summed E-state index contributed by atoms with van der Waals surface area (Å²) in [5, 5.41) is 9.07. The Bertz CT molecular complexity index is 86.7. The van der Waals surface area contributed by atoms with Gasteiger partial charge in [-0.1, -0.05) is 38.8 Å². The van der Waals surface area contributed by atoms with Gasteiger partial charge in [-0.25, -0.2) is 0 Å². The lowest BCUT2D eigenvalue weighted by Crippen LogP contribution is -1.97. The van der Waals surface area contributed by atoms with Gasteiger partial charge in [-0.3, -0.25) is 0 Å². The van der Waals surface area contributed by atoms with Gasteiger partial charge in [0.25, 0.3) is 0 Å². The van der Waals surface area contributed by atoms with Crippen molar-refractivity contribution in [1.82, 2.24) is 0 Å². The van der Waals surface area contributed by atoms with Gasteiger partial charge in [-0.05, 0) is 12.8 Å². The molecule has 0 aliphatic heterocycles. The highest BCUT2D eigenvalue weighted by molar-refractivity contribution is 4.87. The molecule has 0 amide bonds. The maximum atomic E-state index is 9.07. The molecule has 10 heavy (non-hydrogen) atoms. The molecule has 0 aliphatic carbocycles. The minimum absolute atomic E-state index is 0.225. The fraction of sp³-hybridized carbons (Fsp3) is 0.778. The van der Waals surface area contributed by atoms with E-state index in [0.717, 1.165) is 12.8 Å². The molecular formula is C9H18O. The molecule has 0 aromatic heterocycles. The van der Waals surface area contributed by atoms with Crippen LogP contribution < -0.4 is 0 Å². The lowest BCUT2D eigenvalue weighted by molar-refractivity contribution is 0.219. The van der Waals surface area contributed by atoms with E-state index in [0.29, 0.717) is 0 Å². The second kappa shape index (κ2) is 6.81. The third-order valence-electron chi connectivity index (χ3n) is 1.50. The molecule has 0 aliphatic rings. The van der Waals surface area contributed by atoms with Gasteiger partial charge >= 0.3 is 0 Å². The smallest absolute Gasteiger partial charge is 0.0718 e. The van der Waals surface area contributed by atoms with Gasteiger partial charge < -0.3 is 5.11 Å². The molecule has 0 saturated heterocycles. The van der Waals surface area contributed by atoms with Crippen LogP contribution >= 0.6 is 0 Å². The zero-order chi connectivity index (χ0) is 7.82. The van der Waals surface area contributed by atoms with Crippen molar-refractivity contribution in [2.75, 3.05) is 0 Å². The summed E-state index contributed by atoms with van der Waals surface area (Å²) in [7, 11) is 0. The molecular weight excluding hydrogens is 124 g/mol. The molecule has 0 saturated carbocycles. The molecule has 0 radical (unpaired) electrons. The maximum absolute atomic E-state index is 9.07. The first-order valence-electron chi connectivity index (χ1n) is 4.16. The van der Waals surface area contributed by atoms with Crippen LogP contribution in [0.25, 0.3) is 0 Å². The van der Waals surface area contributed by atoms with E-state index in [1.165, 1.54) is 12.8 Å². The first-order valence-corrected chi connectivity index (χ1v) is 4.16. The van der Waals surface area contributed by atoms with Gasteiger partial charge in [-0.15, -0.1) is 0 Å². The molecule has 1 nitrogen and oxygen atoms in total. The molecule has 0 aromatic rings. The van der Waals surface area contributed by atoms with E-state index in [9.17, 15) is 0 Å². The number of aliphatic hydroxyl groups is 1. The molecule has 1 atom stereocenters. The Morgan fingerprint density at radius 3 is 2.60 bits per heavy atom. The molecule has 0 rings (SSSR count). The Kier molecular flexibility index (Phi) is 6.61. The Hall–Kier alpha value is -0.300. The van der Waals surface area contributed by atoms with Gasteiger partial charge in [0.15, 0.2) is 0 Å². The zero-order valence-electron chi connectivity index (χ0n) is 7.01. The van der Waals surface area contributed by atoms with E-state index >= 15 is 0 Å². The maximum Gasteiger partial charge on any atom is 0.0718 e. The lowest BCUT2D eigenvalue weighted by atomic mass is 10.2. The van der Waals surface area contributed by atoms with Crippen LogP contribution in [0.3, 0.4) is 0 Å². The molecule has 0 fully saturated rings. The van der Waals surface area contributed by atoms with Crippen LogP contribution in [0.1, 0.15) is 39.5 Å². The standard InChI is InChI=1S/C9H18O/c1-3-5-6-7-8-9(10)4-2/h7-10H,3-6H2,1-2H3/b8-7+/t9-/m0/s1. The summed E-state index contributed by atoms with van der Waals surface area (Å²) in [6.45, 7) is 4.15. The molecule has 1 N–H and O–H groups in total. The fourth-order valence-corrected chi connectivity index (χ4v) is 0.711. The highest BCUT2D eigenvalue weighted by Gasteiger charge is 1.90. The number of unbranched alkanes of at least 4 members (excludes halogenated alkanes) is 2. The monoisotopic (exact) mass is 142 g/mol. The van der Waals surface area contributed by atoms with Crippen molar-refractivity contribution in [3.8, 4) is 0 Å². The summed E-state index contributed by atoms with van der Waals surface area (Å²) < 4.78 is 0. The van der Waals surface area contributed by atoms with E-state index in [1.807, 2.05) is 13.0 Å². The van der Waals surface area contributed by atoms with Crippen LogP contribution in [-0.2, 0) is 0 Å². The topological polar surface area (TPSA) is 20.2 Å². The Morgan fingerprint density at radius 2 is 2.10 bits per heavy atom. The summed E-state index contributed by atoms with van der Waals surface area (Å²) >= 11 is 0. The predicted octanol–water partition coefficient (Wildman–Crippen LogP) is 2.50. The normalized spacial score (nSPS) is 14.3. The fourth-order valence-electron chi connectivity index (χ4n) is 0.711. The molecule has 0 aromatic carbocycles. The van der Waals surface area contributed by atoms with Crippen LogP contribution in [0.2, 0.25) is 0 Å². The van der Waals surface area contributed by atoms with Crippen molar-refractivity contribution >= 4 is 0 Å². The van der Waals surface area contributed by atoms with Gasteiger partial charge in [0.05, 0.1) is 6.10 Å². The van der Waals surface area contributed by atoms with Crippen molar-refractivity contribution in [1.29, 1.82) is 0 Å². The van der Waals surface area contributed by atoms with Gasteiger partial charge in [0, 0.05) is 0 Å². The van der Waals surface area contributed by atoms with Crippen LogP contribution in [0, 0.1) is 0 Å². The summed E-state index contributed by atoms with van der Waals surface area (Å²) in [5.74, 6) is 0. The van der Waals surface area contributed by atoms with E-state index in [-0.39, 0.29) is 6.10 Å². The van der Waals surface area contributed by atoms with E-state index in [4.69, 9.17) is 5.11 Å².